The highest BCUT2D eigenvalue weighted by Gasteiger charge is 2.11. The highest BCUT2D eigenvalue weighted by molar-refractivity contribution is 5.28. The SMILES string of the molecule is CC(N)Cc1ccc(OC(C)(C)C)cc1. The molecule has 0 amide bonds. The molecule has 1 atom stereocenters. The Kier molecular flexibility index (Phi) is 3.75. The lowest BCUT2D eigenvalue weighted by Crippen LogP contribution is -2.23. The maximum atomic E-state index is 5.73. The van der Waals surface area contributed by atoms with Gasteiger partial charge in [-0.2, -0.15) is 0 Å². The monoisotopic (exact) mass is 207 g/mol. The maximum absolute atomic E-state index is 5.73. The quantitative estimate of drug-likeness (QED) is 0.827. The van der Waals surface area contributed by atoms with Crippen LogP contribution in [0.4, 0.5) is 0 Å². The van der Waals surface area contributed by atoms with Crippen LogP contribution in [0.3, 0.4) is 0 Å². The van der Waals surface area contributed by atoms with Crippen LogP contribution < -0.4 is 10.5 Å². The average molecular weight is 207 g/mol. The molecule has 0 saturated heterocycles. The Balaban J connectivity index is 2.64. The van der Waals surface area contributed by atoms with Gasteiger partial charge in [-0.3, -0.25) is 0 Å². The fourth-order valence-corrected chi connectivity index (χ4v) is 1.42. The molecule has 0 aliphatic carbocycles. The summed E-state index contributed by atoms with van der Waals surface area (Å²) in [5.74, 6) is 0.913. The van der Waals surface area contributed by atoms with Gasteiger partial charge in [0.2, 0.25) is 0 Å². The Bertz CT molecular complexity index is 295. The molecule has 0 fully saturated rings. The summed E-state index contributed by atoms with van der Waals surface area (Å²) >= 11 is 0. The second-order valence-corrected chi connectivity index (χ2v) is 5.04. The molecule has 0 bridgehead atoms. The lowest BCUT2D eigenvalue weighted by atomic mass is 10.1. The summed E-state index contributed by atoms with van der Waals surface area (Å²) in [7, 11) is 0. The van der Waals surface area contributed by atoms with Gasteiger partial charge in [0.1, 0.15) is 11.4 Å². The molecular weight excluding hydrogens is 186 g/mol. The molecule has 0 heterocycles. The highest BCUT2D eigenvalue weighted by Crippen LogP contribution is 2.18. The normalized spacial score (nSPS) is 13.7. The molecule has 0 aromatic heterocycles. The van der Waals surface area contributed by atoms with Gasteiger partial charge >= 0.3 is 0 Å². The van der Waals surface area contributed by atoms with Gasteiger partial charge in [-0.05, 0) is 51.8 Å². The molecule has 1 rings (SSSR count). The number of hydrogen-bond donors (Lipinski definition) is 1. The van der Waals surface area contributed by atoms with Crippen molar-refractivity contribution in [2.24, 2.45) is 5.73 Å². The van der Waals surface area contributed by atoms with Crippen molar-refractivity contribution in [1.29, 1.82) is 0 Å². The van der Waals surface area contributed by atoms with E-state index in [1.54, 1.807) is 0 Å². The third kappa shape index (κ3) is 4.84. The van der Waals surface area contributed by atoms with E-state index in [1.807, 2.05) is 39.8 Å². The molecule has 0 radical (unpaired) electrons. The Hall–Kier alpha value is -1.02. The topological polar surface area (TPSA) is 35.2 Å². The molecular formula is C13H21NO. The van der Waals surface area contributed by atoms with Crippen LogP contribution in [-0.4, -0.2) is 11.6 Å². The van der Waals surface area contributed by atoms with Gasteiger partial charge in [-0.15, -0.1) is 0 Å². The van der Waals surface area contributed by atoms with Gasteiger partial charge in [0.15, 0.2) is 0 Å². The van der Waals surface area contributed by atoms with E-state index in [1.165, 1.54) is 5.56 Å². The maximum Gasteiger partial charge on any atom is 0.120 e. The molecule has 2 heteroatoms. The minimum absolute atomic E-state index is 0.136. The van der Waals surface area contributed by atoms with Gasteiger partial charge in [0, 0.05) is 6.04 Å². The second kappa shape index (κ2) is 4.67. The zero-order valence-electron chi connectivity index (χ0n) is 10.1. The van der Waals surface area contributed by atoms with Gasteiger partial charge in [-0.1, -0.05) is 12.1 Å². The van der Waals surface area contributed by atoms with Gasteiger partial charge < -0.3 is 10.5 Å². The second-order valence-electron chi connectivity index (χ2n) is 5.04. The van der Waals surface area contributed by atoms with E-state index >= 15 is 0 Å². The molecule has 84 valence electrons. The molecule has 15 heavy (non-hydrogen) atoms. The summed E-state index contributed by atoms with van der Waals surface area (Å²) in [5, 5.41) is 0. The van der Waals surface area contributed by atoms with E-state index in [4.69, 9.17) is 10.5 Å². The van der Waals surface area contributed by atoms with Crippen molar-refractivity contribution in [1.82, 2.24) is 0 Å². The summed E-state index contributed by atoms with van der Waals surface area (Å²) < 4.78 is 5.73. The van der Waals surface area contributed by atoms with Crippen LogP contribution in [0, 0.1) is 0 Å². The number of ether oxygens (including phenoxy) is 1. The standard InChI is InChI=1S/C13H21NO/c1-10(14)9-11-5-7-12(8-6-11)15-13(2,3)4/h5-8,10H,9,14H2,1-4H3. The highest BCUT2D eigenvalue weighted by atomic mass is 16.5. The predicted molar refractivity (Wildman–Crippen MR) is 64.2 cm³/mol. The molecule has 0 saturated carbocycles. The van der Waals surface area contributed by atoms with E-state index in [0.29, 0.717) is 0 Å². The molecule has 0 spiro atoms. The largest absolute Gasteiger partial charge is 0.488 e. The summed E-state index contributed by atoms with van der Waals surface area (Å²) in [6.07, 6.45) is 0.912. The summed E-state index contributed by atoms with van der Waals surface area (Å²) in [4.78, 5) is 0. The lowest BCUT2D eigenvalue weighted by Gasteiger charge is -2.21. The molecule has 0 aliphatic heterocycles. The predicted octanol–water partition coefficient (Wildman–Crippen LogP) is 2.75. The fourth-order valence-electron chi connectivity index (χ4n) is 1.42. The van der Waals surface area contributed by atoms with Crippen LogP contribution in [-0.2, 0) is 6.42 Å². The molecule has 1 unspecified atom stereocenters. The van der Waals surface area contributed by atoms with Crippen molar-refractivity contribution < 1.29 is 4.74 Å². The van der Waals surface area contributed by atoms with Gasteiger partial charge in [-0.25, -0.2) is 0 Å². The first-order valence-electron chi connectivity index (χ1n) is 5.40. The third-order valence-corrected chi connectivity index (χ3v) is 1.91. The first-order valence-corrected chi connectivity index (χ1v) is 5.40. The summed E-state index contributed by atoms with van der Waals surface area (Å²) in [6.45, 7) is 8.15. The molecule has 1 aromatic rings. The van der Waals surface area contributed by atoms with Gasteiger partial charge in [0.25, 0.3) is 0 Å². The first-order chi connectivity index (χ1) is 6.87. The number of benzene rings is 1. The van der Waals surface area contributed by atoms with Crippen LogP contribution in [0.25, 0.3) is 0 Å². The van der Waals surface area contributed by atoms with Gasteiger partial charge in [0.05, 0.1) is 0 Å². The number of hydrogen-bond acceptors (Lipinski definition) is 2. The van der Waals surface area contributed by atoms with E-state index < -0.39 is 0 Å². The molecule has 2 nitrogen and oxygen atoms in total. The van der Waals surface area contributed by atoms with Crippen LogP contribution in [0.15, 0.2) is 24.3 Å². The minimum Gasteiger partial charge on any atom is -0.488 e. The first kappa shape index (κ1) is 12.1. The molecule has 1 aromatic carbocycles. The number of nitrogens with two attached hydrogens (primary N) is 1. The van der Waals surface area contributed by atoms with Crippen molar-refractivity contribution >= 4 is 0 Å². The Morgan fingerprint density at radius 1 is 1.20 bits per heavy atom. The lowest BCUT2D eigenvalue weighted by molar-refractivity contribution is 0.131. The van der Waals surface area contributed by atoms with Crippen LogP contribution in [0.2, 0.25) is 0 Å². The van der Waals surface area contributed by atoms with Crippen molar-refractivity contribution in [2.75, 3.05) is 0 Å². The van der Waals surface area contributed by atoms with E-state index in [0.717, 1.165) is 12.2 Å². The van der Waals surface area contributed by atoms with Crippen LogP contribution in [0.5, 0.6) is 5.75 Å². The Morgan fingerprint density at radius 2 is 1.73 bits per heavy atom. The zero-order chi connectivity index (χ0) is 11.5. The fraction of sp³-hybridized carbons (Fsp3) is 0.538. The Morgan fingerprint density at radius 3 is 2.13 bits per heavy atom. The van der Waals surface area contributed by atoms with E-state index in [9.17, 15) is 0 Å². The minimum atomic E-state index is -0.136. The Labute approximate surface area is 92.4 Å². The zero-order valence-corrected chi connectivity index (χ0v) is 10.1. The van der Waals surface area contributed by atoms with Crippen molar-refractivity contribution in [2.45, 2.75) is 45.8 Å². The molecule has 0 aliphatic rings. The van der Waals surface area contributed by atoms with Crippen LogP contribution >= 0.6 is 0 Å². The van der Waals surface area contributed by atoms with Crippen molar-refractivity contribution in [3.8, 4) is 5.75 Å². The van der Waals surface area contributed by atoms with Crippen molar-refractivity contribution in [3.63, 3.8) is 0 Å². The summed E-state index contributed by atoms with van der Waals surface area (Å²) in [5.41, 5.74) is 6.85. The molecule has 2 N–H and O–H groups in total. The van der Waals surface area contributed by atoms with E-state index in [2.05, 4.69) is 12.1 Å². The average Bonchev–Trinajstić information content (AvgIpc) is 2.05. The van der Waals surface area contributed by atoms with Crippen LogP contribution in [0.1, 0.15) is 33.3 Å². The summed E-state index contributed by atoms with van der Waals surface area (Å²) in [6, 6.07) is 8.36. The van der Waals surface area contributed by atoms with Crippen molar-refractivity contribution in [3.05, 3.63) is 29.8 Å². The number of rotatable bonds is 3. The smallest absolute Gasteiger partial charge is 0.120 e. The van der Waals surface area contributed by atoms with E-state index in [-0.39, 0.29) is 11.6 Å². The third-order valence-electron chi connectivity index (χ3n) is 1.91.